The van der Waals surface area contributed by atoms with E-state index in [2.05, 4.69) is 5.32 Å². The average molecular weight is 344 g/mol. The molecule has 130 valence electrons. The first-order valence-electron chi connectivity index (χ1n) is 7.31. The van der Waals surface area contributed by atoms with Crippen LogP contribution < -0.4 is 10.1 Å². The Morgan fingerprint density at radius 3 is 2.64 bits per heavy atom. The number of hydrogen-bond acceptors (Lipinski definition) is 6. The molecule has 2 rings (SSSR count). The number of nitro benzene ring substituents is 1. The molecule has 0 heterocycles. The van der Waals surface area contributed by atoms with E-state index in [-0.39, 0.29) is 24.4 Å². The van der Waals surface area contributed by atoms with Gasteiger partial charge in [-0.25, -0.2) is 0 Å². The van der Waals surface area contributed by atoms with Gasteiger partial charge in [0.25, 0.3) is 11.6 Å². The number of amides is 1. The quantitative estimate of drug-likeness (QED) is 0.468. The number of carbonyl (C=O) groups excluding carboxylic acids is 2. The van der Waals surface area contributed by atoms with E-state index in [9.17, 15) is 19.7 Å². The van der Waals surface area contributed by atoms with Gasteiger partial charge in [0.2, 0.25) is 0 Å². The molecule has 2 aromatic carbocycles. The SMILES string of the molecule is COc1cccc(C(=O)NCC(=O)OCc2ccccc2[N+](=O)[O-])c1. The molecular formula is C17H16N2O6. The lowest BCUT2D eigenvalue weighted by molar-refractivity contribution is -0.385. The fraction of sp³-hybridized carbons (Fsp3) is 0.176. The molecule has 0 saturated carbocycles. The van der Waals surface area contributed by atoms with Gasteiger partial charge in [0.1, 0.15) is 18.9 Å². The molecule has 0 radical (unpaired) electrons. The molecule has 0 spiro atoms. The lowest BCUT2D eigenvalue weighted by Crippen LogP contribution is -2.30. The van der Waals surface area contributed by atoms with Crippen molar-refractivity contribution in [3.8, 4) is 5.75 Å². The Bertz CT molecular complexity index is 790. The second-order valence-corrected chi connectivity index (χ2v) is 4.96. The van der Waals surface area contributed by atoms with Crippen LogP contribution in [0.4, 0.5) is 5.69 Å². The summed E-state index contributed by atoms with van der Waals surface area (Å²) in [5.41, 5.74) is 0.488. The standard InChI is InChI=1S/C17H16N2O6/c1-24-14-7-4-6-12(9-14)17(21)18-10-16(20)25-11-13-5-2-3-8-15(13)19(22)23/h2-9H,10-11H2,1H3,(H,18,21). The van der Waals surface area contributed by atoms with Crippen LogP contribution in [-0.4, -0.2) is 30.5 Å². The molecule has 0 saturated heterocycles. The molecule has 1 amide bonds. The number of nitrogens with zero attached hydrogens (tertiary/aromatic N) is 1. The molecule has 2 aromatic rings. The number of benzene rings is 2. The van der Waals surface area contributed by atoms with Gasteiger partial charge in [-0.3, -0.25) is 19.7 Å². The number of rotatable bonds is 7. The number of hydrogen-bond donors (Lipinski definition) is 1. The van der Waals surface area contributed by atoms with Crippen molar-refractivity contribution < 1.29 is 24.0 Å². The van der Waals surface area contributed by atoms with Crippen LogP contribution in [0.2, 0.25) is 0 Å². The molecule has 0 fully saturated rings. The summed E-state index contributed by atoms with van der Waals surface area (Å²) in [4.78, 5) is 34.0. The highest BCUT2D eigenvalue weighted by Gasteiger charge is 2.15. The fourth-order valence-electron chi connectivity index (χ4n) is 2.04. The first-order valence-corrected chi connectivity index (χ1v) is 7.31. The zero-order chi connectivity index (χ0) is 18.2. The second kappa shape index (κ2) is 8.44. The molecule has 0 aliphatic carbocycles. The molecule has 8 nitrogen and oxygen atoms in total. The summed E-state index contributed by atoms with van der Waals surface area (Å²) in [6.07, 6.45) is 0. The third kappa shape index (κ3) is 5.03. The van der Waals surface area contributed by atoms with E-state index >= 15 is 0 Å². The number of methoxy groups -OCH3 is 1. The minimum atomic E-state index is -0.700. The van der Waals surface area contributed by atoms with Gasteiger partial charge >= 0.3 is 5.97 Å². The first-order chi connectivity index (χ1) is 12.0. The predicted molar refractivity (Wildman–Crippen MR) is 88.2 cm³/mol. The number of nitro groups is 1. The third-order valence-electron chi connectivity index (χ3n) is 3.30. The van der Waals surface area contributed by atoms with Gasteiger partial charge in [-0.05, 0) is 24.3 Å². The lowest BCUT2D eigenvalue weighted by atomic mass is 10.2. The largest absolute Gasteiger partial charge is 0.497 e. The summed E-state index contributed by atoms with van der Waals surface area (Å²) < 4.78 is 9.99. The molecule has 25 heavy (non-hydrogen) atoms. The molecular weight excluding hydrogens is 328 g/mol. The molecule has 0 bridgehead atoms. The highest BCUT2D eigenvalue weighted by Crippen LogP contribution is 2.18. The molecule has 0 aromatic heterocycles. The summed E-state index contributed by atoms with van der Waals surface area (Å²) in [7, 11) is 1.48. The number of carbonyl (C=O) groups is 2. The Morgan fingerprint density at radius 1 is 1.16 bits per heavy atom. The van der Waals surface area contributed by atoms with Crippen molar-refractivity contribution in [2.24, 2.45) is 0 Å². The average Bonchev–Trinajstić information content (AvgIpc) is 2.64. The maximum Gasteiger partial charge on any atom is 0.325 e. The highest BCUT2D eigenvalue weighted by molar-refractivity contribution is 5.96. The van der Waals surface area contributed by atoms with Crippen LogP contribution >= 0.6 is 0 Å². The van der Waals surface area contributed by atoms with Crippen molar-refractivity contribution in [2.75, 3.05) is 13.7 Å². The Morgan fingerprint density at radius 2 is 1.92 bits per heavy atom. The van der Waals surface area contributed by atoms with E-state index in [0.29, 0.717) is 11.3 Å². The van der Waals surface area contributed by atoms with Crippen molar-refractivity contribution in [1.29, 1.82) is 0 Å². The number of para-hydroxylation sites is 1. The monoisotopic (exact) mass is 344 g/mol. The summed E-state index contributed by atoms with van der Waals surface area (Å²) in [5, 5.41) is 13.3. The van der Waals surface area contributed by atoms with Gasteiger partial charge in [0.15, 0.2) is 0 Å². The van der Waals surface area contributed by atoms with Crippen LogP contribution in [0.5, 0.6) is 5.75 Å². The molecule has 0 unspecified atom stereocenters. The maximum atomic E-state index is 12.0. The van der Waals surface area contributed by atoms with Crippen LogP contribution in [-0.2, 0) is 16.1 Å². The minimum Gasteiger partial charge on any atom is -0.497 e. The number of ether oxygens (including phenoxy) is 2. The third-order valence-corrected chi connectivity index (χ3v) is 3.30. The molecule has 0 aliphatic heterocycles. The van der Waals surface area contributed by atoms with Crippen LogP contribution in [0.15, 0.2) is 48.5 Å². The van der Waals surface area contributed by atoms with Gasteiger partial charge in [0.05, 0.1) is 17.6 Å². The van der Waals surface area contributed by atoms with E-state index < -0.39 is 16.8 Å². The summed E-state index contributed by atoms with van der Waals surface area (Å²) in [6, 6.07) is 12.4. The maximum absolute atomic E-state index is 12.0. The fourth-order valence-corrected chi connectivity index (χ4v) is 2.04. The van der Waals surface area contributed by atoms with Crippen molar-refractivity contribution in [2.45, 2.75) is 6.61 Å². The normalized spacial score (nSPS) is 9.96. The molecule has 0 atom stereocenters. The summed E-state index contributed by atoms with van der Waals surface area (Å²) in [5.74, 6) is -0.637. The molecule has 0 aliphatic rings. The van der Waals surface area contributed by atoms with Crippen LogP contribution in [0.25, 0.3) is 0 Å². The topological polar surface area (TPSA) is 108 Å². The molecule has 8 heteroatoms. The van der Waals surface area contributed by atoms with E-state index in [1.54, 1.807) is 24.3 Å². The van der Waals surface area contributed by atoms with E-state index in [1.807, 2.05) is 0 Å². The predicted octanol–water partition coefficient (Wildman–Crippen LogP) is 2.08. The Hall–Kier alpha value is -3.42. The summed E-state index contributed by atoms with van der Waals surface area (Å²) in [6.45, 7) is -0.596. The minimum absolute atomic E-state index is 0.129. The van der Waals surface area contributed by atoms with Crippen molar-refractivity contribution >= 4 is 17.6 Å². The highest BCUT2D eigenvalue weighted by atomic mass is 16.6. The van der Waals surface area contributed by atoms with Crippen molar-refractivity contribution in [3.05, 3.63) is 69.8 Å². The van der Waals surface area contributed by atoms with Gasteiger partial charge < -0.3 is 14.8 Å². The van der Waals surface area contributed by atoms with E-state index in [4.69, 9.17) is 9.47 Å². The Labute approximate surface area is 143 Å². The lowest BCUT2D eigenvalue weighted by Gasteiger charge is -2.08. The Kier molecular flexibility index (Phi) is 6.05. The van der Waals surface area contributed by atoms with Crippen LogP contribution in [0.1, 0.15) is 15.9 Å². The smallest absolute Gasteiger partial charge is 0.325 e. The van der Waals surface area contributed by atoms with Gasteiger partial charge in [-0.2, -0.15) is 0 Å². The van der Waals surface area contributed by atoms with Crippen LogP contribution in [0.3, 0.4) is 0 Å². The zero-order valence-corrected chi connectivity index (χ0v) is 13.4. The van der Waals surface area contributed by atoms with E-state index in [1.165, 1.54) is 31.4 Å². The Balaban J connectivity index is 1.87. The number of esters is 1. The van der Waals surface area contributed by atoms with Crippen LogP contribution in [0, 0.1) is 10.1 Å². The zero-order valence-electron chi connectivity index (χ0n) is 13.4. The molecule has 1 N–H and O–H groups in total. The van der Waals surface area contributed by atoms with Crippen molar-refractivity contribution in [1.82, 2.24) is 5.32 Å². The van der Waals surface area contributed by atoms with Crippen molar-refractivity contribution in [3.63, 3.8) is 0 Å². The van der Waals surface area contributed by atoms with Gasteiger partial charge in [-0.15, -0.1) is 0 Å². The first kappa shape index (κ1) is 17.9. The number of nitrogens with one attached hydrogen (secondary N) is 1. The van der Waals surface area contributed by atoms with Gasteiger partial charge in [0, 0.05) is 11.6 Å². The second-order valence-electron chi connectivity index (χ2n) is 4.96. The summed E-state index contributed by atoms with van der Waals surface area (Å²) >= 11 is 0. The van der Waals surface area contributed by atoms with E-state index in [0.717, 1.165) is 0 Å². The van der Waals surface area contributed by atoms with Gasteiger partial charge in [-0.1, -0.05) is 18.2 Å².